The van der Waals surface area contributed by atoms with Crippen molar-refractivity contribution in [3.8, 4) is 0 Å². The van der Waals surface area contributed by atoms with E-state index in [4.69, 9.17) is 5.11 Å². The van der Waals surface area contributed by atoms with E-state index >= 15 is 0 Å². The van der Waals surface area contributed by atoms with Crippen LogP contribution < -0.4 is 0 Å². The maximum absolute atomic E-state index is 11.1. The van der Waals surface area contributed by atoms with E-state index in [1.807, 2.05) is 0 Å². The summed E-state index contributed by atoms with van der Waals surface area (Å²) in [5.41, 5.74) is 0. The maximum atomic E-state index is 11.1. The van der Waals surface area contributed by atoms with Gasteiger partial charge in [-0.2, -0.15) is 0 Å². The zero-order chi connectivity index (χ0) is 11.2. The molecule has 0 aliphatic heterocycles. The van der Waals surface area contributed by atoms with Crippen LogP contribution >= 0.6 is 0 Å². The molecule has 0 aliphatic rings. The van der Waals surface area contributed by atoms with Gasteiger partial charge in [-0.1, -0.05) is 32.6 Å². The molecule has 0 heterocycles. The van der Waals surface area contributed by atoms with Crippen molar-refractivity contribution < 1.29 is 36.4 Å². The van der Waals surface area contributed by atoms with E-state index in [0.717, 1.165) is 19.3 Å². The van der Waals surface area contributed by atoms with Crippen LogP contribution in [0.15, 0.2) is 0 Å². The minimum absolute atomic E-state index is 0. The van der Waals surface area contributed by atoms with Crippen LogP contribution in [-0.2, 0) is 26.8 Å². The van der Waals surface area contributed by atoms with E-state index in [1.165, 1.54) is 12.8 Å². The second kappa shape index (κ2) is 19.5. The molecule has 15 heavy (non-hydrogen) atoms. The molecule has 0 unspecified atom stereocenters. The molecule has 0 bridgehead atoms. The first-order valence-electron chi connectivity index (χ1n) is 5.15. The van der Waals surface area contributed by atoms with Gasteiger partial charge in [0.05, 0.1) is 0 Å². The third kappa shape index (κ3) is 24.8. The molecule has 3 nitrogen and oxygen atoms in total. The summed E-state index contributed by atoms with van der Waals surface area (Å²) in [5.74, 6) is -0.749. The zero-order valence-electron chi connectivity index (χ0n) is 9.39. The molecule has 0 spiro atoms. The Balaban J connectivity index is -0.000000320. The fourth-order valence-electron chi connectivity index (χ4n) is 0.911. The first kappa shape index (κ1) is 20.3. The monoisotopic (exact) mass is 271 g/mol. The molecular formula is C10H21CuFO3. The van der Waals surface area contributed by atoms with E-state index < -0.39 is 5.97 Å². The second-order valence-electron chi connectivity index (χ2n) is 2.93. The molecule has 0 atom stereocenters. The molecule has 0 saturated heterocycles. The van der Waals surface area contributed by atoms with E-state index in [0.29, 0.717) is 0 Å². The minimum Gasteiger partial charge on any atom is -0.397 e. The standard InChI is InChI=1S/C8H15FO2.C2H6O.Cu/c1-2-3-4-5-6-7-8(10)11-9;1-2-3;/h2-7H2,1H3;3H,2H2,1H3;. The number of aliphatic hydroxyl groups excluding tert-OH is 1. The van der Waals surface area contributed by atoms with Crippen LogP contribution in [0.4, 0.5) is 4.53 Å². The third-order valence-corrected chi connectivity index (χ3v) is 1.57. The fraction of sp³-hybridized carbons (Fsp3) is 0.900. The number of carbonyl (C=O) groups excluding carboxylic acids is 1. The van der Waals surface area contributed by atoms with Crippen LogP contribution in [0.1, 0.15) is 52.4 Å². The van der Waals surface area contributed by atoms with Crippen molar-refractivity contribution in [2.75, 3.05) is 6.61 Å². The van der Waals surface area contributed by atoms with Gasteiger partial charge in [-0.15, -0.1) is 0 Å². The Morgan fingerprint density at radius 3 is 2.07 bits per heavy atom. The molecule has 0 rings (SSSR count). The van der Waals surface area contributed by atoms with Crippen molar-refractivity contribution in [2.45, 2.75) is 52.4 Å². The summed E-state index contributed by atoms with van der Waals surface area (Å²) in [5, 5.41) is 7.57. The Bertz CT molecular complexity index is 123. The molecule has 1 N–H and O–H groups in total. The number of halogens is 1. The van der Waals surface area contributed by atoms with Gasteiger partial charge in [0, 0.05) is 34.6 Å². The summed E-state index contributed by atoms with van der Waals surface area (Å²) in [4.78, 5) is 13.3. The number of hydrogen-bond donors (Lipinski definition) is 1. The Kier molecular flexibility index (Phi) is 26.3. The normalized spacial score (nSPS) is 8.27. The van der Waals surface area contributed by atoms with Crippen LogP contribution in [0.3, 0.4) is 0 Å². The van der Waals surface area contributed by atoms with Crippen molar-refractivity contribution in [1.82, 2.24) is 0 Å². The molecule has 0 fully saturated rings. The van der Waals surface area contributed by atoms with Gasteiger partial charge in [0.25, 0.3) is 0 Å². The molecule has 0 aliphatic carbocycles. The first-order valence-corrected chi connectivity index (χ1v) is 5.15. The molecule has 97 valence electrons. The summed E-state index contributed by atoms with van der Waals surface area (Å²) >= 11 is 0. The van der Waals surface area contributed by atoms with Gasteiger partial charge >= 0.3 is 5.97 Å². The smallest absolute Gasteiger partial charge is 0.348 e. The van der Waals surface area contributed by atoms with Gasteiger partial charge in [-0.05, 0) is 13.3 Å². The summed E-state index contributed by atoms with van der Waals surface area (Å²) in [6, 6.07) is 0. The Labute approximate surface area is 102 Å². The minimum atomic E-state index is -0.749. The van der Waals surface area contributed by atoms with Crippen LogP contribution in [-0.4, -0.2) is 17.7 Å². The number of carbonyl (C=O) groups is 1. The van der Waals surface area contributed by atoms with Crippen LogP contribution in [0, 0.1) is 0 Å². The molecule has 0 aromatic carbocycles. The van der Waals surface area contributed by atoms with Crippen molar-refractivity contribution in [3.05, 3.63) is 0 Å². The maximum Gasteiger partial charge on any atom is 0.348 e. The van der Waals surface area contributed by atoms with Gasteiger partial charge < -0.3 is 5.11 Å². The predicted octanol–water partition coefficient (Wildman–Crippen LogP) is 2.77. The van der Waals surface area contributed by atoms with Gasteiger partial charge in [0.1, 0.15) is 0 Å². The SMILES string of the molecule is CCCCCCCC(=O)OF.CCO.[Cu]. The fourth-order valence-corrected chi connectivity index (χ4v) is 0.911. The number of hydrogen-bond acceptors (Lipinski definition) is 3. The van der Waals surface area contributed by atoms with Gasteiger partial charge in [-0.3, -0.25) is 4.94 Å². The van der Waals surface area contributed by atoms with E-state index in [9.17, 15) is 9.32 Å². The Morgan fingerprint density at radius 2 is 1.67 bits per heavy atom. The quantitative estimate of drug-likeness (QED) is 0.597. The Hall–Kier alpha value is -0.121. The van der Waals surface area contributed by atoms with Gasteiger partial charge in [-0.25, -0.2) is 4.79 Å². The average molecular weight is 272 g/mol. The third-order valence-electron chi connectivity index (χ3n) is 1.57. The van der Waals surface area contributed by atoms with E-state index in [1.54, 1.807) is 6.92 Å². The summed E-state index contributed by atoms with van der Waals surface area (Å²) in [7, 11) is 0. The largest absolute Gasteiger partial charge is 0.397 e. The van der Waals surface area contributed by atoms with E-state index in [2.05, 4.69) is 11.9 Å². The molecule has 0 aromatic heterocycles. The predicted molar refractivity (Wildman–Crippen MR) is 53.3 cm³/mol. The molecule has 0 amide bonds. The number of unbranched alkanes of at least 4 members (excludes halogenated alkanes) is 4. The van der Waals surface area contributed by atoms with Crippen molar-refractivity contribution >= 4 is 5.97 Å². The number of aliphatic hydroxyl groups is 1. The molecule has 0 aromatic rings. The van der Waals surface area contributed by atoms with Gasteiger partial charge in [0.15, 0.2) is 0 Å². The topological polar surface area (TPSA) is 46.5 Å². The van der Waals surface area contributed by atoms with Crippen LogP contribution in [0.2, 0.25) is 0 Å². The molecule has 5 heteroatoms. The second-order valence-corrected chi connectivity index (χ2v) is 2.93. The Morgan fingerprint density at radius 1 is 1.20 bits per heavy atom. The van der Waals surface area contributed by atoms with E-state index in [-0.39, 0.29) is 30.1 Å². The summed E-state index contributed by atoms with van der Waals surface area (Å²) in [6.07, 6.45) is 5.42. The van der Waals surface area contributed by atoms with Gasteiger partial charge in [0.2, 0.25) is 0 Å². The summed E-state index contributed by atoms with van der Waals surface area (Å²) in [6.45, 7) is 4.05. The van der Waals surface area contributed by atoms with Crippen molar-refractivity contribution in [2.24, 2.45) is 0 Å². The zero-order valence-corrected chi connectivity index (χ0v) is 10.3. The van der Waals surface area contributed by atoms with Crippen molar-refractivity contribution in [3.63, 3.8) is 0 Å². The molecular weight excluding hydrogens is 251 g/mol. The van der Waals surface area contributed by atoms with Crippen LogP contribution in [0.25, 0.3) is 0 Å². The van der Waals surface area contributed by atoms with Crippen LogP contribution in [0.5, 0.6) is 0 Å². The molecule has 1 radical (unpaired) electrons. The first-order chi connectivity index (χ1) is 6.72. The molecule has 0 saturated carbocycles. The average Bonchev–Trinajstić information content (AvgIpc) is 2.18. The van der Waals surface area contributed by atoms with Crippen molar-refractivity contribution in [1.29, 1.82) is 0 Å². The summed E-state index contributed by atoms with van der Waals surface area (Å²) < 4.78 is 11.1. The number of rotatable bonds is 6.